The predicted molar refractivity (Wildman–Crippen MR) is 99.2 cm³/mol. The second-order valence-corrected chi connectivity index (χ2v) is 2.83. The van der Waals surface area contributed by atoms with Gasteiger partial charge in [-0.3, -0.25) is 0 Å². The standard InChI is InChI=1S/C12H10O.C2H5.2C2H4.H3P/c1-13-12-8-7-10-5-3-2-4-6-11(10)9-12;3*1-2;/h2-3,5-9H,1H3;1H2,2H3;2*1-2H2;1H3. The molecule has 0 saturated carbocycles. The van der Waals surface area contributed by atoms with Gasteiger partial charge in [-0.1, -0.05) is 32.1 Å². The zero-order chi connectivity index (χ0) is 15.1. The first-order valence-corrected chi connectivity index (χ1v) is 5.88. The zero-order valence-electron chi connectivity index (χ0n) is 12.7. The van der Waals surface area contributed by atoms with Gasteiger partial charge in [0.15, 0.2) is 0 Å². The zero-order valence-corrected chi connectivity index (χ0v) is 14.1. The van der Waals surface area contributed by atoms with Gasteiger partial charge in [-0.2, -0.15) is 9.90 Å². The Bertz CT molecular complexity index is 439. The molecule has 109 valence electrons. The van der Waals surface area contributed by atoms with Crippen molar-refractivity contribution in [3.8, 4) is 5.75 Å². The monoisotopic (exact) mass is 289 g/mol. The van der Waals surface area contributed by atoms with Crippen LogP contribution in [0.15, 0.2) is 62.4 Å². The Morgan fingerprint density at radius 2 is 1.60 bits per heavy atom. The van der Waals surface area contributed by atoms with Gasteiger partial charge < -0.3 is 4.74 Å². The maximum atomic E-state index is 5.14. The van der Waals surface area contributed by atoms with E-state index in [2.05, 4.69) is 45.0 Å². The van der Waals surface area contributed by atoms with Gasteiger partial charge in [-0.05, 0) is 35.4 Å². The number of methoxy groups -OCH3 is 1. The van der Waals surface area contributed by atoms with Gasteiger partial charge >= 0.3 is 0 Å². The number of ether oxygens (including phenoxy) is 1. The van der Waals surface area contributed by atoms with Crippen molar-refractivity contribution < 1.29 is 4.74 Å². The summed E-state index contributed by atoms with van der Waals surface area (Å²) in [6, 6.07) is 6.01. The van der Waals surface area contributed by atoms with Crippen LogP contribution >= 0.6 is 9.90 Å². The Morgan fingerprint density at radius 3 is 2.15 bits per heavy atom. The molecule has 1 aromatic rings. The van der Waals surface area contributed by atoms with Crippen LogP contribution in [-0.4, -0.2) is 7.11 Å². The SMILES string of the molecule is C=C.C=C.COc1ccc2c(c1)C=C=CC=C2.P.[CH2]C. The number of benzene rings is 1. The average Bonchev–Trinajstić information content (AvgIpc) is 2.77. The molecule has 20 heavy (non-hydrogen) atoms. The van der Waals surface area contributed by atoms with Crippen LogP contribution in [0.3, 0.4) is 0 Å². The molecule has 2 heteroatoms. The lowest BCUT2D eigenvalue weighted by atomic mass is 10.1. The third kappa shape index (κ3) is 8.32. The Balaban J connectivity index is -0.000000368. The van der Waals surface area contributed by atoms with Crippen molar-refractivity contribution in [2.45, 2.75) is 6.92 Å². The molecular weight excluding hydrogens is 263 g/mol. The average molecular weight is 289 g/mol. The van der Waals surface area contributed by atoms with Gasteiger partial charge in [0.05, 0.1) is 7.11 Å². The highest BCUT2D eigenvalue weighted by Crippen LogP contribution is 2.20. The Kier molecular flexibility index (Phi) is 20.0. The molecule has 1 atom stereocenters. The fraction of sp³-hybridized carbons (Fsp3) is 0.111. The van der Waals surface area contributed by atoms with Gasteiger partial charge in [0.1, 0.15) is 5.75 Å². The number of hydrogen-bond donors (Lipinski definition) is 0. The minimum absolute atomic E-state index is 0. The summed E-state index contributed by atoms with van der Waals surface area (Å²) in [5.41, 5.74) is 5.40. The van der Waals surface area contributed by atoms with E-state index in [9.17, 15) is 0 Å². The first-order valence-electron chi connectivity index (χ1n) is 5.88. The van der Waals surface area contributed by atoms with Gasteiger partial charge in [0, 0.05) is 0 Å². The van der Waals surface area contributed by atoms with Crippen molar-refractivity contribution in [2.75, 3.05) is 7.11 Å². The summed E-state index contributed by atoms with van der Waals surface area (Å²) in [5, 5.41) is 0. The molecule has 2 rings (SSSR count). The van der Waals surface area contributed by atoms with Crippen LogP contribution in [0.4, 0.5) is 0 Å². The molecular formula is C18H26OP. The van der Waals surface area contributed by atoms with Crippen molar-refractivity contribution >= 4 is 22.1 Å². The van der Waals surface area contributed by atoms with Crippen molar-refractivity contribution in [2.24, 2.45) is 0 Å². The second-order valence-electron chi connectivity index (χ2n) is 2.83. The first kappa shape index (κ1) is 23.3. The van der Waals surface area contributed by atoms with Crippen molar-refractivity contribution in [1.29, 1.82) is 0 Å². The van der Waals surface area contributed by atoms with Gasteiger partial charge in [0.25, 0.3) is 0 Å². The fourth-order valence-electron chi connectivity index (χ4n) is 1.30. The molecule has 1 aromatic carbocycles. The van der Waals surface area contributed by atoms with E-state index in [4.69, 9.17) is 4.74 Å². The molecule has 0 amide bonds. The molecule has 0 heterocycles. The van der Waals surface area contributed by atoms with E-state index in [0.717, 1.165) is 11.3 Å². The van der Waals surface area contributed by atoms with E-state index in [1.54, 1.807) is 14.0 Å². The topological polar surface area (TPSA) is 9.23 Å². The lowest BCUT2D eigenvalue weighted by Crippen LogP contribution is -1.85. The van der Waals surface area contributed by atoms with Crippen molar-refractivity contribution in [1.82, 2.24) is 0 Å². The van der Waals surface area contributed by atoms with Crippen LogP contribution in [0.25, 0.3) is 12.2 Å². The summed E-state index contributed by atoms with van der Waals surface area (Å²) in [5.74, 6) is 0.882. The summed E-state index contributed by atoms with van der Waals surface area (Å²) in [6.07, 6.45) is 7.89. The van der Waals surface area contributed by atoms with Crippen LogP contribution in [0, 0.1) is 6.92 Å². The summed E-state index contributed by atoms with van der Waals surface area (Å²) >= 11 is 0. The third-order valence-corrected chi connectivity index (χ3v) is 2.00. The maximum absolute atomic E-state index is 5.14. The highest BCUT2D eigenvalue weighted by Gasteiger charge is 1.99. The van der Waals surface area contributed by atoms with Crippen molar-refractivity contribution in [3.63, 3.8) is 0 Å². The van der Waals surface area contributed by atoms with E-state index in [-0.39, 0.29) is 9.90 Å². The maximum Gasteiger partial charge on any atom is 0.119 e. The van der Waals surface area contributed by atoms with Crippen LogP contribution in [-0.2, 0) is 0 Å². The smallest absolute Gasteiger partial charge is 0.119 e. The highest BCUT2D eigenvalue weighted by molar-refractivity contribution is 6.92. The molecule has 0 aromatic heterocycles. The number of rotatable bonds is 1. The summed E-state index contributed by atoms with van der Waals surface area (Å²) in [6.45, 7) is 17.0. The first-order chi connectivity index (χ1) is 9.40. The van der Waals surface area contributed by atoms with Crippen LogP contribution < -0.4 is 4.74 Å². The Hall–Kier alpha value is -1.81. The summed E-state index contributed by atoms with van der Waals surface area (Å²) in [4.78, 5) is 0. The van der Waals surface area contributed by atoms with E-state index < -0.39 is 0 Å². The second kappa shape index (κ2) is 17.2. The normalized spacial score (nSPS) is 8.75. The Labute approximate surface area is 127 Å². The molecule has 1 unspecified atom stereocenters. The predicted octanol–water partition coefficient (Wildman–Crippen LogP) is 5.39. The molecule has 0 N–H and O–H groups in total. The van der Waals surface area contributed by atoms with Crippen LogP contribution in [0.5, 0.6) is 5.75 Å². The number of hydrogen-bond acceptors (Lipinski definition) is 1. The minimum atomic E-state index is 0. The number of fused-ring (bicyclic) bond motifs is 1. The van der Waals surface area contributed by atoms with E-state index in [0.29, 0.717) is 0 Å². The van der Waals surface area contributed by atoms with E-state index in [1.807, 2.05) is 36.4 Å². The molecule has 1 aliphatic carbocycles. The fourth-order valence-corrected chi connectivity index (χ4v) is 1.30. The number of allylic oxidation sites excluding steroid dienone is 2. The molecule has 1 radical (unpaired) electrons. The molecule has 0 fully saturated rings. The summed E-state index contributed by atoms with van der Waals surface area (Å²) < 4.78 is 5.14. The summed E-state index contributed by atoms with van der Waals surface area (Å²) in [7, 11) is 1.67. The van der Waals surface area contributed by atoms with Crippen molar-refractivity contribution in [3.05, 3.63) is 80.4 Å². The lowest BCUT2D eigenvalue weighted by Gasteiger charge is -2.03. The largest absolute Gasteiger partial charge is 0.497 e. The van der Waals surface area contributed by atoms with Crippen LogP contribution in [0.1, 0.15) is 18.1 Å². The molecule has 0 spiro atoms. The lowest BCUT2D eigenvalue weighted by molar-refractivity contribution is 0.414. The molecule has 0 saturated heterocycles. The van der Waals surface area contributed by atoms with Gasteiger partial charge in [-0.25, -0.2) is 0 Å². The van der Waals surface area contributed by atoms with Crippen LogP contribution in [0.2, 0.25) is 0 Å². The molecule has 0 bridgehead atoms. The van der Waals surface area contributed by atoms with Gasteiger partial charge in [-0.15, -0.1) is 32.0 Å². The van der Waals surface area contributed by atoms with E-state index >= 15 is 0 Å². The minimum Gasteiger partial charge on any atom is -0.497 e. The molecule has 1 aliphatic rings. The van der Waals surface area contributed by atoms with Gasteiger partial charge in [0.2, 0.25) is 0 Å². The highest BCUT2D eigenvalue weighted by atomic mass is 31.0. The molecule has 1 nitrogen and oxygen atoms in total. The van der Waals surface area contributed by atoms with E-state index in [1.165, 1.54) is 5.56 Å². The quantitative estimate of drug-likeness (QED) is 0.382. The third-order valence-electron chi connectivity index (χ3n) is 2.00. The molecule has 0 aliphatic heterocycles. The Morgan fingerprint density at radius 1 is 1.00 bits per heavy atom.